The van der Waals surface area contributed by atoms with Crippen molar-refractivity contribution < 1.29 is 33.3 Å². The van der Waals surface area contributed by atoms with Crippen LogP contribution in [0.5, 0.6) is 11.5 Å². The summed E-state index contributed by atoms with van der Waals surface area (Å²) in [6.07, 6.45) is 0. The Morgan fingerprint density at radius 1 is 1.03 bits per heavy atom. The van der Waals surface area contributed by atoms with E-state index in [1.807, 2.05) is 0 Å². The lowest BCUT2D eigenvalue weighted by Crippen LogP contribution is -2.42. The van der Waals surface area contributed by atoms with E-state index in [0.717, 1.165) is 0 Å². The molecule has 2 amide bonds. The molecule has 0 fully saturated rings. The molecule has 0 saturated heterocycles. The van der Waals surface area contributed by atoms with Crippen molar-refractivity contribution in [2.24, 2.45) is 0 Å². The Hall–Kier alpha value is -3.53. The van der Waals surface area contributed by atoms with Crippen LogP contribution in [0, 0.1) is 13.8 Å². The first-order chi connectivity index (χ1) is 14.4. The van der Waals surface area contributed by atoms with E-state index in [2.05, 4.69) is 15.8 Å². The third kappa shape index (κ3) is 4.54. The minimum atomic E-state index is -0.600. The molecule has 0 bridgehead atoms. The normalized spacial score (nSPS) is 12.2. The number of aromatic nitrogens is 1. The molecule has 2 heterocycles. The first kappa shape index (κ1) is 21.2. The fraction of sp³-hybridized carbons (Fsp3) is 0.350. The van der Waals surface area contributed by atoms with Crippen LogP contribution in [0.4, 0.5) is 0 Å². The third-order valence-corrected chi connectivity index (χ3v) is 4.48. The lowest BCUT2D eigenvalue weighted by molar-refractivity contribution is 0.0386. The minimum Gasteiger partial charge on any atom is -0.486 e. The first-order valence-electron chi connectivity index (χ1n) is 9.28. The number of H-pyrrole nitrogens is 1. The smallest absolute Gasteiger partial charge is 0.340 e. The molecule has 160 valence electrons. The summed E-state index contributed by atoms with van der Waals surface area (Å²) in [7, 11) is 1.50. The van der Waals surface area contributed by atoms with E-state index in [0.29, 0.717) is 41.5 Å². The summed E-state index contributed by atoms with van der Waals surface area (Å²) in [6, 6.07) is 4.73. The highest BCUT2D eigenvalue weighted by Gasteiger charge is 2.23. The van der Waals surface area contributed by atoms with Crippen LogP contribution in [0.25, 0.3) is 0 Å². The Labute approximate surface area is 172 Å². The van der Waals surface area contributed by atoms with Crippen molar-refractivity contribution in [1.82, 2.24) is 15.8 Å². The number of aryl methyl sites for hydroxylation is 1. The Morgan fingerprint density at radius 3 is 2.47 bits per heavy atom. The number of nitrogens with one attached hydrogen (secondary N) is 3. The molecular weight excluding hydrogens is 394 g/mol. The van der Waals surface area contributed by atoms with E-state index in [1.54, 1.807) is 26.0 Å². The fourth-order valence-corrected chi connectivity index (χ4v) is 3.01. The molecule has 0 atom stereocenters. The number of rotatable bonds is 6. The minimum absolute atomic E-state index is 0.104. The summed E-state index contributed by atoms with van der Waals surface area (Å²) in [5.41, 5.74) is 6.29. The molecule has 0 unspecified atom stereocenters. The maximum Gasteiger partial charge on any atom is 0.340 e. The molecule has 1 aliphatic rings. The largest absolute Gasteiger partial charge is 0.486 e. The Kier molecular flexibility index (Phi) is 6.58. The molecule has 10 nitrogen and oxygen atoms in total. The Balaban J connectivity index is 1.64. The molecule has 30 heavy (non-hydrogen) atoms. The Bertz CT molecular complexity index is 968. The average molecular weight is 417 g/mol. The zero-order chi connectivity index (χ0) is 21.7. The molecule has 2 aromatic rings. The van der Waals surface area contributed by atoms with Gasteiger partial charge in [-0.2, -0.15) is 0 Å². The number of carbonyl (C=O) groups excluding carboxylic acids is 3. The van der Waals surface area contributed by atoms with E-state index in [4.69, 9.17) is 18.9 Å². The van der Waals surface area contributed by atoms with Gasteiger partial charge in [0.25, 0.3) is 11.8 Å². The predicted molar refractivity (Wildman–Crippen MR) is 105 cm³/mol. The van der Waals surface area contributed by atoms with Crippen molar-refractivity contribution in [2.45, 2.75) is 13.8 Å². The van der Waals surface area contributed by atoms with E-state index in [1.165, 1.54) is 13.2 Å². The summed E-state index contributed by atoms with van der Waals surface area (Å²) >= 11 is 0. The number of aromatic amines is 1. The molecular formula is C20H23N3O7. The summed E-state index contributed by atoms with van der Waals surface area (Å²) in [6.45, 7) is 4.50. The second kappa shape index (κ2) is 9.31. The summed E-state index contributed by atoms with van der Waals surface area (Å²) in [4.78, 5) is 40.0. The molecule has 1 aliphatic heterocycles. The highest BCUT2D eigenvalue weighted by Crippen LogP contribution is 2.30. The number of ether oxygens (including phenoxy) is 4. The lowest BCUT2D eigenvalue weighted by atomic mass is 10.1. The number of hydrogen-bond donors (Lipinski definition) is 3. The van der Waals surface area contributed by atoms with Crippen LogP contribution >= 0.6 is 0 Å². The molecule has 1 aromatic carbocycles. The van der Waals surface area contributed by atoms with E-state index in [-0.39, 0.29) is 24.5 Å². The van der Waals surface area contributed by atoms with Crippen molar-refractivity contribution in [2.75, 3.05) is 33.5 Å². The van der Waals surface area contributed by atoms with Gasteiger partial charge in [-0.05, 0) is 37.6 Å². The van der Waals surface area contributed by atoms with Crippen molar-refractivity contribution >= 4 is 17.8 Å². The van der Waals surface area contributed by atoms with Gasteiger partial charge in [-0.3, -0.25) is 20.4 Å². The predicted octanol–water partition coefficient (Wildman–Crippen LogP) is 1.28. The number of benzene rings is 1. The molecule has 3 N–H and O–H groups in total. The van der Waals surface area contributed by atoms with Gasteiger partial charge >= 0.3 is 5.97 Å². The highest BCUT2D eigenvalue weighted by molar-refractivity contribution is 6.02. The summed E-state index contributed by atoms with van der Waals surface area (Å²) in [5, 5.41) is 0. The zero-order valence-corrected chi connectivity index (χ0v) is 16.9. The van der Waals surface area contributed by atoms with E-state index < -0.39 is 17.8 Å². The molecule has 1 aromatic heterocycles. The Morgan fingerprint density at radius 2 is 1.73 bits per heavy atom. The van der Waals surface area contributed by atoms with Crippen LogP contribution in [-0.4, -0.2) is 56.3 Å². The lowest BCUT2D eigenvalue weighted by Gasteiger charge is -2.18. The maximum absolute atomic E-state index is 12.5. The molecule has 0 saturated carbocycles. The first-order valence-corrected chi connectivity index (χ1v) is 9.28. The number of hydrogen-bond acceptors (Lipinski definition) is 7. The zero-order valence-electron chi connectivity index (χ0n) is 16.9. The number of carbonyl (C=O) groups is 3. The van der Waals surface area contributed by atoms with Crippen LogP contribution in [0.15, 0.2) is 18.2 Å². The quantitative estimate of drug-likeness (QED) is 0.367. The van der Waals surface area contributed by atoms with Gasteiger partial charge in [0.1, 0.15) is 25.5 Å². The third-order valence-electron chi connectivity index (χ3n) is 4.48. The maximum atomic E-state index is 12.5. The van der Waals surface area contributed by atoms with Gasteiger partial charge in [0.15, 0.2) is 11.5 Å². The monoisotopic (exact) mass is 417 g/mol. The van der Waals surface area contributed by atoms with E-state index in [9.17, 15) is 14.4 Å². The van der Waals surface area contributed by atoms with E-state index >= 15 is 0 Å². The van der Waals surface area contributed by atoms with Crippen molar-refractivity contribution in [3.63, 3.8) is 0 Å². The van der Waals surface area contributed by atoms with Crippen LogP contribution < -0.4 is 20.3 Å². The van der Waals surface area contributed by atoms with Crippen LogP contribution in [0.2, 0.25) is 0 Å². The second-order valence-corrected chi connectivity index (χ2v) is 6.52. The number of esters is 1. The average Bonchev–Trinajstić information content (AvgIpc) is 3.05. The van der Waals surface area contributed by atoms with Gasteiger partial charge in [0, 0.05) is 18.4 Å². The molecule has 0 spiro atoms. The summed E-state index contributed by atoms with van der Waals surface area (Å²) < 4.78 is 20.8. The number of hydrazine groups is 1. The van der Waals surface area contributed by atoms with Gasteiger partial charge in [0.05, 0.1) is 12.2 Å². The number of methoxy groups -OCH3 is 1. The SMILES string of the molecule is COCCOC(=O)c1c(C)[nH]c(C(=O)NNC(=O)c2ccc3c(c2)OCCO3)c1C. The van der Waals surface area contributed by atoms with Crippen molar-refractivity contribution in [3.05, 3.63) is 46.3 Å². The van der Waals surface area contributed by atoms with Gasteiger partial charge in [0.2, 0.25) is 0 Å². The molecule has 10 heteroatoms. The van der Waals surface area contributed by atoms with Crippen LogP contribution in [0.3, 0.4) is 0 Å². The number of fused-ring (bicyclic) bond motifs is 1. The van der Waals surface area contributed by atoms with Crippen molar-refractivity contribution in [3.8, 4) is 11.5 Å². The summed E-state index contributed by atoms with van der Waals surface area (Å²) in [5.74, 6) is -0.660. The van der Waals surface area contributed by atoms with Crippen LogP contribution in [-0.2, 0) is 9.47 Å². The van der Waals surface area contributed by atoms with Crippen molar-refractivity contribution in [1.29, 1.82) is 0 Å². The van der Waals surface area contributed by atoms with Gasteiger partial charge < -0.3 is 23.9 Å². The van der Waals surface area contributed by atoms with Gasteiger partial charge in [-0.1, -0.05) is 0 Å². The molecule has 0 aliphatic carbocycles. The fourth-order valence-electron chi connectivity index (χ4n) is 3.01. The van der Waals surface area contributed by atoms with Crippen LogP contribution in [0.1, 0.15) is 42.5 Å². The second-order valence-electron chi connectivity index (χ2n) is 6.52. The van der Waals surface area contributed by atoms with Gasteiger partial charge in [-0.25, -0.2) is 4.79 Å². The standard InChI is InChI=1S/C20H23N3O7/c1-11-16(20(26)30-7-6-27-3)12(2)21-17(11)19(25)23-22-18(24)13-4-5-14-15(10-13)29-9-8-28-14/h4-5,10,21H,6-9H2,1-3H3,(H,22,24)(H,23,25). The van der Waals surface area contributed by atoms with Gasteiger partial charge in [-0.15, -0.1) is 0 Å². The molecule has 0 radical (unpaired) electrons. The molecule has 3 rings (SSSR count). The topological polar surface area (TPSA) is 128 Å². The number of amides is 2. The highest BCUT2D eigenvalue weighted by atomic mass is 16.6.